The Morgan fingerprint density at radius 1 is 0.947 bits per heavy atom. The van der Waals surface area contributed by atoms with Gasteiger partial charge in [0, 0.05) is 6.07 Å². The zero-order valence-electron chi connectivity index (χ0n) is 10.1. The van der Waals surface area contributed by atoms with E-state index in [1.807, 2.05) is 54.6 Å². The molecule has 1 aromatic heterocycles. The first-order chi connectivity index (χ1) is 9.33. The van der Waals surface area contributed by atoms with Crippen LogP contribution in [0.1, 0.15) is 0 Å². The van der Waals surface area contributed by atoms with Gasteiger partial charge in [-0.3, -0.25) is 0 Å². The number of nitrogens with two attached hydrogens (primary N) is 1. The van der Waals surface area contributed by atoms with Gasteiger partial charge in [0.25, 0.3) is 0 Å². The number of hydrogen-bond acceptors (Lipinski definition) is 4. The normalized spacial score (nSPS) is 10.3. The van der Waals surface area contributed by atoms with Crippen LogP contribution in [0.5, 0.6) is 11.5 Å². The van der Waals surface area contributed by atoms with Crippen molar-refractivity contribution >= 4 is 5.82 Å². The summed E-state index contributed by atoms with van der Waals surface area (Å²) >= 11 is 0. The van der Waals surface area contributed by atoms with Gasteiger partial charge in [0.15, 0.2) is 11.6 Å². The summed E-state index contributed by atoms with van der Waals surface area (Å²) in [7, 11) is 0. The van der Waals surface area contributed by atoms with Crippen molar-refractivity contribution in [3.8, 4) is 22.8 Å². The molecule has 2 N–H and O–H groups in total. The van der Waals surface area contributed by atoms with Crippen molar-refractivity contribution < 1.29 is 9.26 Å². The number of hydrogen-bond donors (Lipinski definition) is 1. The molecule has 3 aromatic rings. The minimum atomic E-state index is 0.351. The summed E-state index contributed by atoms with van der Waals surface area (Å²) in [4.78, 5) is 0. The summed E-state index contributed by atoms with van der Waals surface area (Å²) in [6, 6.07) is 18.8. The summed E-state index contributed by atoms with van der Waals surface area (Å²) in [5.41, 5.74) is 6.39. The summed E-state index contributed by atoms with van der Waals surface area (Å²) in [6.07, 6.45) is 0. The number of para-hydroxylation sites is 2. The monoisotopic (exact) mass is 252 g/mol. The van der Waals surface area contributed by atoms with E-state index in [2.05, 4.69) is 5.16 Å². The first-order valence-corrected chi connectivity index (χ1v) is 5.87. The Bertz CT molecular complexity index is 677. The van der Waals surface area contributed by atoms with Crippen molar-refractivity contribution in [2.45, 2.75) is 0 Å². The van der Waals surface area contributed by atoms with Crippen LogP contribution < -0.4 is 10.5 Å². The van der Waals surface area contributed by atoms with Crippen molar-refractivity contribution in [3.63, 3.8) is 0 Å². The maximum Gasteiger partial charge on any atom is 0.172 e. The molecule has 0 fully saturated rings. The molecule has 0 saturated heterocycles. The Hall–Kier alpha value is -2.75. The van der Waals surface area contributed by atoms with E-state index in [1.165, 1.54) is 0 Å². The van der Waals surface area contributed by atoms with Crippen LogP contribution in [-0.2, 0) is 0 Å². The SMILES string of the molecule is Nc1cc(-c2ccccc2Oc2ccccc2)on1. The molecule has 0 spiro atoms. The van der Waals surface area contributed by atoms with Crippen molar-refractivity contribution in [1.82, 2.24) is 5.16 Å². The largest absolute Gasteiger partial charge is 0.457 e. The molecule has 19 heavy (non-hydrogen) atoms. The maximum absolute atomic E-state index is 5.84. The molecule has 3 rings (SSSR count). The first kappa shape index (κ1) is 11.3. The highest BCUT2D eigenvalue weighted by atomic mass is 16.5. The number of benzene rings is 2. The molecule has 0 aliphatic heterocycles. The molecule has 0 aliphatic rings. The van der Waals surface area contributed by atoms with E-state index in [1.54, 1.807) is 6.07 Å². The highest BCUT2D eigenvalue weighted by Gasteiger charge is 2.11. The molecule has 4 nitrogen and oxygen atoms in total. The van der Waals surface area contributed by atoms with E-state index in [4.69, 9.17) is 15.0 Å². The highest BCUT2D eigenvalue weighted by Crippen LogP contribution is 2.33. The Labute approximate surface area is 110 Å². The fourth-order valence-electron chi connectivity index (χ4n) is 1.79. The molecule has 1 heterocycles. The summed E-state index contributed by atoms with van der Waals surface area (Å²) in [5, 5.41) is 3.69. The standard InChI is InChI=1S/C15H12N2O2/c16-15-10-14(19-17-15)12-8-4-5-9-13(12)18-11-6-2-1-3-7-11/h1-10H,(H2,16,17). The predicted molar refractivity (Wildman–Crippen MR) is 72.9 cm³/mol. The van der Waals surface area contributed by atoms with Gasteiger partial charge >= 0.3 is 0 Å². The van der Waals surface area contributed by atoms with Gasteiger partial charge in [-0.1, -0.05) is 35.5 Å². The Morgan fingerprint density at radius 2 is 1.68 bits per heavy atom. The van der Waals surface area contributed by atoms with E-state index < -0.39 is 0 Å². The van der Waals surface area contributed by atoms with Gasteiger partial charge in [0.2, 0.25) is 0 Å². The maximum atomic E-state index is 5.84. The molecule has 2 aromatic carbocycles. The zero-order chi connectivity index (χ0) is 13.1. The fourth-order valence-corrected chi connectivity index (χ4v) is 1.79. The molecule has 0 saturated carbocycles. The quantitative estimate of drug-likeness (QED) is 0.771. The van der Waals surface area contributed by atoms with Crippen LogP contribution in [0.25, 0.3) is 11.3 Å². The van der Waals surface area contributed by atoms with Crippen LogP contribution >= 0.6 is 0 Å². The summed E-state index contributed by atoms with van der Waals surface area (Å²) in [5.74, 6) is 2.40. The number of rotatable bonds is 3. The number of aromatic nitrogens is 1. The van der Waals surface area contributed by atoms with Gasteiger partial charge in [-0.25, -0.2) is 0 Å². The van der Waals surface area contributed by atoms with Gasteiger partial charge in [-0.15, -0.1) is 0 Å². The van der Waals surface area contributed by atoms with Gasteiger partial charge in [0.05, 0.1) is 5.56 Å². The molecule has 0 radical (unpaired) electrons. The lowest BCUT2D eigenvalue weighted by Crippen LogP contribution is -1.87. The molecular formula is C15H12N2O2. The van der Waals surface area contributed by atoms with Crippen LogP contribution in [0.4, 0.5) is 5.82 Å². The second-order valence-electron chi connectivity index (χ2n) is 4.03. The predicted octanol–water partition coefficient (Wildman–Crippen LogP) is 3.72. The second kappa shape index (κ2) is 4.86. The van der Waals surface area contributed by atoms with E-state index in [9.17, 15) is 0 Å². The van der Waals surface area contributed by atoms with Crippen LogP contribution in [0.15, 0.2) is 65.2 Å². The lowest BCUT2D eigenvalue weighted by molar-refractivity contribution is 0.430. The van der Waals surface area contributed by atoms with Crippen LogP contribution in [-0.4, -0.2) is 5.16 Å². The average Bonchev–Trinajstić information content (AvgIpc) is 2.87. The average molecular weight is 252 g/mol. The number of nitrogens with zero attached hydrogens (tertiary/aromatic N) is 1. The number of anilines is 1. The van der Waals surface area contributed by atoms with E-state index in [-0.39, 0.29) is 0 Å². The van der Waals surface area contributed by atoms with Gasteiger partial charge < -0.3 is 15.0 Å². The minimum absolute atomic E-state index is 0.351. The molecule has 94 valence electrons. The lowest BCUT2D eigenvalue weighted by atomic mass is 10.1. The van der Waals surface area contributed by atoms with Crippen molar-refractivity contribution in [1.29, 1.82) is 0 Å². The lowest BCUT2D eigenvalue weighted by Gasteiger charge is -2.08. The minimum Gasteiger partial charge on any atom is -0.457 e. The van der Waals surface area contributed by atoms with Crippen molar-refractivity contribution in [2.75, 3.05) is 5.73 Å². The number of nitrogen functional groups attached to an aromatic ring is 1. The number of ether oxygens (including phenoxy) is 1. The van der Waals surface area contributed by atoms with Crippen LogP contribution in [0.3, 0.4) is 0 Å². The zero-order valence-corrected chi connectivity index (χ0v) is 10.1. The van der Waals surface area contributed by atoms with Gasteiger partial charge in [-0.05, 0) is 24.3 Å². The third-order valence-corrected chi connectivity index (χ3v) is 2.65. The first-order valence-electron chi connectivity index (χ1n) is 5.87. The summed E-state index contributed by atoms with van der Waals surface area (Å²) in [6.45, 7) is 0. The second-order valence-corrected chi connectivity index (χ2v) is 4.03. The van der Waals surface area contributed by atoms with E-state index in [0.29, 0.717) is 17.3 Å². The van der Waals surface area contributed by atoms with Gasteiger partial charge in [-0.2, -0.15) is 0 Å². The van der Waals surface area contributed by atoms with Gasteiger partial charge in [0.1, 0.15) is 11.5 Å². The third-order valence-electron chi connectivity index (χ3n) is 2.65. The Morgan fingerprint density at radius 3 is 2.42 bits per heavy atom. The molecule has 0 amide bonds. The van der Waals surface area contributed by atoms with Crippen molar-refractivity contribution in [3.05, 3.63) is 60.7 Å². The molecule has 0 aliphatic carbocycles. The van der Waals surface area contributed by atoms with Crippen LogP contribution in [0.2, 0.25) is 0 Å². The Balaban J connectivity index is 1.98. The third kappa shape index (κ3) is 2.42. The highest BCUT2D eigenvalue weighted by molar-refractivity contribution is 5.67. The fraction of sp³-hybridized carbons (Fsp3) is 0. The van der Waals surface area contributed by atoms with Crippen LogP contribution in [0, 0.1) is 0 Å². The molecule has 4 heteroatoms. The van der Waals surface area contributed by atoms with E-state index >= 15 is 0 Å². The molecule has 0 bridgehead atoms. The topological polar surface area (TPSA) is 61.3 Å². The molecular weight excluding hydrogens is 240 g/mol. The smallest absolute Gasteiger partial charge is 0.172 e. The summed E-state index contributed by atoms with van der Waals surface area (Å²) < 4.78 is 11.0. The van der Waals surface area contributed by atoms with Crippen molar-refractivity contribution in [2.24, 2.45) is 0 Å². The molecule has 0 unspecified atom stereocenters. The molecule has 0 atom stereocenters. The Kier molecular flexibility index (Phi) is 2.90. The van der Waals surface area contributed by atoms with E-state index in [0.717, 1.165) is 11.3 Å².